The Morgan fingerprint density at radius 1 is 1.39 bits per heavy atom. The normalized spacial score (nSPS) is 11.8. The van der Waals surface area contributed by atoms with Gasteiger partial charge in [-0.2, -0.15) is 0 Å². The molecule has 0 radical (unpaired) electrons. The van der Waals surface area contributed by atoms with Crippen LogP contribution < -0.4 is 4.72 Å². The predicted octanol–water partition coefficient (Wildman–Crippen LogP) is 2.92. The number of halogens is 1. The number of rotatable bonds is 6. The zero-order valence-electron chi connectivity index (χ0n) is 10.7. The Balaban J connectivity index is 2.65. The molecule has 0 aromatic heterocycles. The van der Waals surface area contributed by atoms with Crippen molar-refractivity contribution in [3.8, 4) is 0 Å². The van der Waals surface area contributed by atoms with Gasteiger partial charge in [0, 0.05) is 4.47 Å². The lowest BCUT2D eigenvalue weighted by Gasteiger charge is -2.12. The molecule has 102 valence electrons. The molecule has 0 amide bonds. The molecule has 0 unspecified atom stereocenters. The van der Waals surface area contributed by atoms with Crippen molar-refractivity contribution in [2.24, 2.45) is 0 Å². The molecule has 0 saturated heterocycles. The fourth-order valence-electron chi connectivity index (χ4n) is 1.35. The average molecular weight is 336 g/mol. The minimum atomic E-state index is -3.36. The van der Waals surface area contributed by atoms with Gasteiger partial charge in [0.2, 0.25) is 10.0 Å². The lowest BCUT2D eigenvalue weighted by molar-refractivity contribution is 0.0913. The van der Waals surface area contributed by atoms with E-state index >= 15 is 0 Å². The van der Waals surface area contributed by atoms with Crippen LogP contribution in [0.5, 0.6) is 0 Å². The van der Waals surface area contributed by atoms with Crippen LogP contribution in [-0.4, -0.2) is 26.9 Å². The van der Waals surface area contributed by atoms with Crippen molar-refractivity contribution >= 4 is 31.6 Å². The van der Waals surface area contributed by atoms with Crippen molar-refractivity contribution in [1.82, 2.24) is 0 Å². The second-order valence-electron chi connectivity index (χ2n) is 4.30. The molecule has 1 N–H and O–H groups in total. The Hall–Kier alpha value is -0.590. The molecule has 0 bridgehead atoms. The first-order valence-electron chi connectivity index (χ1n) is 5.68. The number of nitrogens with one attached hydrogen (secondary N) is 1. The molecule has 4 nitrogen and oxygen atoms in total. The van der Waals surface area contributed by atoms with E-state index in [-0.39, 0.29) is 18.5 Å². The fraction of sp³-hybridized carbons (Fsp3) is 0.500. The van der Waals surface area contributed by atoms with Gasteiger partial charge in [-0.3, -0.25) is 4.72 Å². The fourth-order valence-corrected chi connectivity index (χ4v) is 2.81. The molecule has 0 saturated carbocycles. The third-order valence-corrected chi connectivity index (χ3v) is 3.99. The molecular formula is C12H18BrNO3S. The first kappa shape index (κ1) is 15.5. The maximum atomic E-state index is 11.8. The minimum Gasteiger partial charge on any atom is -0.378 e. The summed E-state index contributed by atoms with van der Waals surface area (Å²) < 4.78 is 32.4. The van der Waals surface area contributed by atoms with Crippen molar-refractivity contribution in [3.05, 3.63) is 28.2 Å². The van der Waals surface area contributed by atoms with Crippen molar-refractivity contribution in [1.29, 1.82) is 0 Å². The Morgan fingerprint density at radius 3 is 2.61 bits per heavy atom. The predicted molar refractivity (Wildman–Crippen MR) is 77.4 cm³/mol. The van der Waals surface area contributed by atoms with Crippen LogP contribution in [0.15, 0.2) is 22.7 Å². The summed E-state index contributed by atoms with van der Waals surface area (Å²) >= 11 is 3.34. The quantitative estimate of drug-likeness (QED) is 0.869. The van der Waals surface area contributed by atoms with Gasteiger partial charge < -0.3 is 4.74 Å². The number of hydrogen-bond acceptors (Lipinski definition) is 3. The Labute approximate surface area is 117 Å². The number of hydrogen-bond donors (Lipinski definition) is 1. The molecule has 0 spiro atoms. The van der Waals surface area contributed by atoms with Gasteiger partial charge in [-0.1, -0.05) is 15.9 Å². The summed E-state index contributed by atoms with van der Waals surface area (Å²) in [4.78, 5) is 0. The van der Waals surface area contributed by atoms with E-state index in [0.29, 0.717) is 5.69 Å². The van der Waals surface area contributed by atoms with Crippen LogP contribution in [0.1, 0.15) is 19.4 Å². The lowest BCUT2D eigenvalue weighted by Crippen LogP contribution is -2.21. The highest BCUT2D eigenvalue weighted by molar-refractivity contribution is 9.10. The molecule has 0 atom stereocenters. The number of aryl methyl sites for hydroxylation is 1. The Morgan fingerprint density at radius 2 is 2.06 bits per heavy atom. The monoisotopic (exact) mass is 335 g/mol. The van der Waals surface area contributed by atoms with Crippen LogP contribution >= 0.6 is 15.9 Å². The van der Waals surface area contributed by atoms with E-state index in [4.69, 9.17) is 4.74 Å². The zero-order valence-corrected chi connectivity index (χ0v) is 13.1. The number of ether oxygens (including phenoxy) is 1. The van der Waals surface area contributed by atoms with E-state index in [1.54, 1.807) is 12.1 Å². The van der Waals surface area contributed by atoms with Crippen molar-refractivity contribution in [2.45, 2.75) is 26.9 Å². The van der Waals surface area contributed by atoms with E-state index in [0.717, 1.165) is 10.0 Å². The summed E-state index contributed by atoms with van der Waals surface area (Å²) in [6.45, 7) is 5.80. The molecule has 18 heavy (non-hydrogen) atoms. The summed E-state index contributed by atoms with van der Waals surface area (Å²) in [6.07, 6.45) is 0.0367. The van der Waals surface area contributed by atoms with Gasteiger partial charge in [0.25, 0.3) is 0 Å². The summed E-state index contributed by atoms with van der Waals surface area (Å²) in [5.74, 6) is -0.0410. The van der Waals surface area contributed by atoms with Crippen LogP contribution in [0, 0.1) is 6.92 Å². The second kappa shape index (κ2) is 6.54. The van der Waals surface area contributed by atoms with Crippen molar-refractivity contribution in [2.75, 3.05) is 17.1 Å². The van der Waals surface area contributed by atoms with Crippen LogP contribution in [0.2, 0.25) is 0 Å². The van der Waals surface area contributed by atoms with E-state index in [2.05, 4.69) is 20.7 Å². The number of benzene rings is 1. The summed E-state index contributed by atoms with van der Waals surface area (Å²) in [7, 11) is -3.36. The minimum absolute atomic E-state index is 0.0367. The molecule has 0 fully saturated rings. The zero-order chi connectivity index (χ0) is 13.8. The lowest BCUT2D eigenvalue weighted by atomic mass is 10.2. The Kier molecular flexibility index (Phi) is 5.62. The highest BCUT2D eigenvalue weighted by atomic mass is 79.9. The van der Waals surface area contributed by atoms with Gasteiger partial charge in [0.15, 0.2) is 0 Å². The van der Waals surface area contributed by atoms with Crippen LogP contribution in [0.25, 0.3) is 0 Å². The molecule has 0 aliphatic heterocycles. The third kappa shape index (κ3) is 5.37. The molecule has 1 aromatic rings. The van der Waals surface area contributed by atoms with E-state index in [1.807, 2.05) is 26.8 Å². The Bertz CT molecular complexity index is 500. The smallest absolute Gasteiger partial charge is 0.235 e. The number of sulfonamides is 1. The van der Waals surface area contributed by atoms with E-state index < -0.39 is 10.0 Å². The van der Waals surface area contributed by atoms with Gasteiger partial charge in [-0.05, 0) is 44.5 Å². The molecule has 1 aromatic carbocycles. The van der Waals surface area contributed by atoms with E-state index in [9.17, 15) is 8.42 Å². The summed E-state index contributed by atoms with van der Waals surface area (Å²) in [5, 5.41) is 0. The maximum Gasteiger partial charge on any atom is 0.235 e. The highest BCUT2D eigenvalue weighted by Gasteiger charge is 2.12. The molecule has 0 aliphatic carbocycles. The van der Waals surface area contributed by atoms with Crippen LogP contribution in [0.3, 0.4) is 0 Å². The van der Waals surface area contributed by atoms with Crippen molar-refractivity contribution < 1.29 is 13.2 Å². The maximum absolute atomic E-state index is 11.8. The molecule has 0 heterocycles. The highest BCUT2D eigenvalue weighted by Crippen LogP contribution is 2.21. The van der Waals surface area contributed by atoms with Gasteiger partial charge in [0.05, 0.1) is 24.2 Å². The van der Waals surface area contributed by atoms with Crippen LogP contribution in [0.4, 0.5) is 5.69 Å². The van der Waals surface area contributed by atoms with Gasteiger partial charge >= 0.3 is 0 Å². The van der Waals surface area contributed by atoms with Crippen molar-refractivity contribution in [3.63, 3.8) is 0 Å². The number of anilines is 1. The average Bonchev–Trinajstić information content (AvgIpc) is 2.21. The van der Waals surface area contributed by atoms with E-state index in [1.165, 1.54) is 0 Å². The standard InChI is InChI=1S/C12H18BrNO3S/c1-9(2)17-6-7-18(15,16)14-12-5-4-11(13)8-10(12)3/h4-5,8-9,14H,6-7H2,1-3H3. The largest absolute Gasteiger partial charge is 0.378 e. The molecule has 1 rings (SSSR count). The molecule has 6 heteroatoms. The van der Waals surface area contributed by atoms with Gasteiger partial charge in [-0.25, -0.2) is 8.42 Å². The second-order valence-corrected chi connectivity index (χ2v) is 7.06. The summed E-state index contributed by atoms with van der Waals surface area (Å²) in [5.41, 5.74) is 1.47. The third-order valence-electron chi connectivity index (χ3n) is 2.26. The van der Waals surface area contributed by atoms with Crippen LogP contribution in [-0.2, 0) is 14.8 Å². The first-order valence-corrected chi connectivity index (χ1v) is 8.13. The van der Waals surface area contributed by atoms with Gasteiger partial charge in [0.1, 0.15) is 0 Å². The molecular weight excluding hydrogens is 318 g/mol. The van der Waals surface area contributed by atoms with Gasteiger partial charge in [-0.15, -0.1) is 0 Å². The summed E-state index contributed by atoms with van der Waals surface area (Å²) in [6, 6.07) is 5.40. The SMILES string of the molecule is Cc1cc(Br)ccc1NS(=O)(=O)CCOC(C)C. The molecule has 0 aliphatic rings. The first-order chi connectivity index (χ1) is 8.30. The topological polar surface area (TPSA) is 55.4 Å².